The van der Waals surface area contributed by atoms with Crippen molar-refractivity contribution in [3.05, 3.63) is 29.6 Å². The maximum absolute atomic E-state index is 9.98. The van der Waals surface area contributed by atoms with Gasteiger partial charge in [0.05, 0.1) is 23.5 Å². The maximum atomic E-state index is 9.98. The Kier molecular flexibility index (Phi) is 4.27. The van der Waals surface area contributed by atoms with Gasteiger partial charge in [0.1, 0.15) is 0 Å². The van der Waals surface area contributed by atoms with Crippen LogP contribution in [-0.4, -0.2) is 33.3 Å². The topological polar surface area (TPSA) is 50.1 Å². The van der Waals surface area contributed by atoms with E-state index in [-0.39, 0.29) is 12.1 Å². The molecule has 4 heteroatoms. The molecule has 0 aliphatic carbocycles. The Balaban J connectivity index is 1.64. The number of fused-ring (bicyclic) bond motifs is 1. The first kappa shape index (κ1) is 14.5. The quantitative estimate of drug-likeness (QED) is 0.908. The summed E-state index contributed by atoms with van der Waals surface area (Å²) in [5, 5.41) is 13.4. The molecule has 0 bridgehead atoms. The second-order valence-electron chi connectivity index (χ2n) is 6.28. The van der Waals surface area contributed by atoms with Crippen LogP contribution >= 0.6 is 0 Å². The lowest BCUT2D eigenvalue weighted by molar-refractivity contribution is 0.0909. The highest BCUT2D eigenvalue weighted by Crippen LogP contribution is 2.19. The predicted molar refractivity (Wildman–Crippen MR) is 85.5 cm³/mol. The summed E-state index contributed by atoms with van der Waals surface area (Å²) >= 11 is 0. The van der Waals surface area contributed by atoms with E-state index < -0.39 is 0 Å². The monoisotopic (exact) mass is 287 g/mol. The summed E-state index contributed by atoms with van der Waals surface area (Å²) in [5.74, 6) is 0. The fourth-order valence-electron chi connectivity index (χ4n) is 3.20. The zero-order valence-corrected chi connectivity index (χ0v) is 13.0. The average Bonchev–Trinajstić information content (AvgIpc) is 2.84. The van der Waals surface area contributed by atoms with Gasteiger partial charge in [0.15, 0.2) is 0 Å². The number of aromatic nitrogens is 2. The van der Waals surface area contributed by atoms with Crippen molar-refractivity contribution in [1.82, 2.24) is 14.9 Å². The minimum atomic E-state index is -0.178. The molecule has 0 saturated carbocycles. The predicted octanol–water partition coefficient (Wildman–Crippen LogP) is 2.55. The molecule has 4 nitrogen and oxygen atoms in total. The zero-order chi connectivity index (χ0) is 14.8. The molecule has 1 aromatic heterocycles. The van der Waals surface area contributed by atoms with E-state index >= 15 is 0 Å². The number of nitrogens with one attached hydrogen (secondary N) is 1. The summed E-state index contributed by atoms with van der Waals surface area (Å²) < 4.78 is 2.23. The number of rotatable bonds is 4. The van der Waals surface area contributed by atoms with E-state index in [2.05, 4.69) is 40.8 Å². The number of piperidine rings is 1. The molecule has 2 atom stereocenters. The number of aliphatic hydroxyl groups excluding tert-OH is 1. The SMILES string of the molecule is Cc1cc2ncn(CCC[C@H]3NCCC[C@@H]3O)c2cc1C. The van der Waals surface area contributed by atoms with Crippen molar-refractivity contribution in [2.24, 2.45) is 0 Å². The third kappa shape index (κ3) is 3.11. The molecule has 0 unspecified atom stereocenters. The van der Waals surface area contributed by atoms with Crippen molar-refractivity contribution in [3.63, 3.8) is 0 Å². The van der Waals surface area contributed by atoms with Crippen LogP contribution in [0.5, 0.6) is 0 Å². The van der Waals surface area contributed by atoms with E-state index in [0.29, 0.717) is 0 Å². The van der Waals surface area contributed by atoms with Gasteiger partial charge in [0, 0.05) is 12.6 Å². The fraction of sp³-hybridized carbons (Fsp3) is 0.588. The Labute approximate surface area is 126 Å². The number of aliphatic hydroxyl groups is 1. The maximum Gasteiger partial charge on any atom is 0.0958 e. The molecule has 1 aromatic carbocycles. The second kappa shape index (κ2) is 6.16. The van der Waals surface area contributed by atoms with Crippen LogP contribution < -0.4 is 5.32 Å². The number of nitrogens with zero attached hydrogens (tertiary/aromatic N) is 2. The Bertz CT molecular complexity index is 620. The van der Waals surface area contributed by atoms with Gasteiger partial charge in [-0.3, -0.25) is 0 Å². The molecule has 1 saturated heterocycles. The van der Waals surface area contributed by atoms with Crippen LogP contribution in [0.25, 0.3) is 11.0 Å². The minimum Gasteiger partial charge on any atom is -0.392 e. The van der Waals surface area contributed by atoms with Crippen LogP contribution in [0.1, 0.15) is 36.8 Å². The molecule has 1 aliphatic rings. The summed E-state index contributed by atoms with van der Waals surface area (Å²) in [6.45, 7) is 6.27. The largest absolute Gasteiger partial charge is 0.392 e. The zero-order valence-electron chi connectivity index (χ0n) is 13.0. The molecule has 2 aromatic rings. The first-order chi connectivity index (χ1) is 10.1. The molecule has 1 fully saturated rings. The smallest absolute Gasteiger partial charge is 0.0958 e. The lowest BCUT2D eigenvalue weighted by Gasteiger charge is -2.29. The Morgan fingerprint density at radius 2 is 2.14 bits per heavy atom. The average molecular weight is 287 g/mol. The number of hydrogen-bond donors (Lipinski definition) is 2. The van der Waals surface area contributed by atoms with Gasteiger partial charge in [-0.25, -0.2) is 4.98 Å². The van der Waals surface area contributed by atoms with Gasteiger partial charge >= 0.3 is 0 Å². The molecular formula is C17H25N3O. The van der Waals surface area contributed by atoms with Crippen LogP contribution in [0.4, 0.5) is 0 Å². The molecule has 0 amide bonds. The van der Waals surface area contributed by atoms with Gasteiger partial charge in [0.25, 0.3) is 0 Å². The van der Waals surface area contributed by atoms with E-state index in [0.717, 1.165) is 44.3 Å². The van der Waals surface area contributed by atoms with Gasteiger partial charge in [-0.1, -0.05) is 0 Å². The van der Waals surface area contributed by atoms with Crippen LogP contribution in [0.15, 0.2) is 18.5 Å². The van der Waals surface area contributed by atoms with E-state index in [4.69, 9.17) is 0 Å². The van der Waals surface area contributed by atoms with E-state index in [1.165, 1.54) is 16.6 Å². The normalized spacial score (nSPS) is 22.8. The Morgan fingerprint density at radius 1 is 1.33 bits per heavy atom. The van der Waals surface area contributed by atoms with Crippen molar-refractivity contribution in [1.29, 1.82) is 0 Å². The lowest BCUT2D eigenvalue weighted by atomic mass is 9.97. The molecule has 3 rings (SSSR count). The van der Waals surface area contributed by atoms with E-state index in [9.17, 15) is 5.11 Å². The lowest BCUT2D eigenvalue weighted by Crippen LogP contribution is -2.44. The van der Waals surface area contributed by atoms with Gasteiger partial charge in [-0.05, 0) is 69.3 Å². The van der Waals surface area contributed by atoms with Crippen molar-refractivity contribution in [2.75, 3.05) is 6.54 Å². The first-order valence-electron chi connectivity index (χ1n) is 7.98. The highest BCUT2D eigenvalue weighted by Gasteiger charge is 2.21. The molecule has 0 spiro atoms. The van der Waals surface area contributed by atoms with Gasteiger partial charge < -0.3 is 15.0 Å². The van der Waals surface area contributed by atoms with Crippen molar-refractivity contribution >= 4 is 11.0 Å². The standard InChI is InChI=1S/C17H25N3O/c1-12-9-15-16(10-13(12)2)20(11-19-15)8-4-5-14-17(21)6-3-7-18-14/h9-11,14,17-18,21H,3-8H2,1-2H3/t14-,17+/m1/s1. The van der Waals surface area contributed by atoms with Crippen molar-refractivity contribution < 1.29 is 5.11 Å². The van der Waals surface area contributed by atoms with Crippen molar-refractivity contribution in [2.45, 2.75) is 58.2 Å². The Hall–Kier alpha value is -1.39. The third-order valence-electron chi connectivity index (χ3n) is 4.70. The number of aryl methyl sites for hydroxylation is 3. The Morgan fingerprint density at radius 3 is 2.95 bits per heavy atom. The molecule has 2 heterocycles. The minimum absolute atomic E-state index is 0.178. The summed E-state index contributed by atoms with van der Waals surface area (Å²) in [7, 11) is 0. The molecular weight excluding hydrogens is 262 g/mol. The molecule has 0 radical (unpaired) electrons. The summed E-state index contributed by atoms with van der Waals surface area (Å²) in [6.07, 6.45) is 5.86. The third-order valence-corrected chi connectivity index (χ3v) is 4.70. The van der Waals surface area contributed by atoms with Gasteiger partial charge in [-0.15, -0.1) is 0 Å². The number of imidazole rings is 1. The van der Waals surface area contributed by atoms with Crippen LogP contribution in [0.3, 0.4) is 0 Å². The van der Waals surface area contributed by atoms with Crippen LogP contribution in [-0.2, 0) is 6.54 Å². The molecule has 114 valence electrons. The van der Waals surface area contributed by atoms with Crippen molar-refractivity contribution in [3.8, 4) is 0 Å². The van der Waals surface area contributed by atoms with Gasteiger partial charge in [0.2, 0.25) is 0 Å². The summed E-state index contributed by atoms with van der Waals surface area (Å²) in [5.41, 5.74) is 4.90. The molecule has 2 N–H and O–H groups in total. The van der Waals surface area contributed by atoms with Crippen LogP contribution in [0.2, 0.25) is 0 Å². The number of benzene rings is 1. The highest BCUT2D eigenvalue weighted by molar-refractivity contribution is 5.77. The second-order valence-corrected chi connectivity index (χ2v) is 6.28. The molecule has 1 aliphatic heterocycles. The van der Waals surface area contributed by atoms with E-state index in [1.54, 1.807) is 0 Å². The van der Waals surface area contributed by atoms with Gasteiger partial charge in [-0.2, -0.15) is 0 Å². The van der Waals surface area contributed by atoms with E-state index in [1.807, 2.05) is 6.33 Å². The number of hydrogen-bond acceptors (Lipinski definition) is 3. The summed E-state index contributed by atoms with van der Waals surface area (Å²) in [4.78, 5) is 4.50. The first-order valence-corrected chi connectivity index (χ1v) is 7.98. The summed E-state index contributed by atoms with van der Waals surface area (Å²) in [6, 6.07) is 4.65. The fourth-order valence-corrected chi connectivity index (χ4v) is 3.20. The van der Waals surface area contributed by atoms with Crippen LogP contribution in [0, 0.1) is 13.8 Å². The molecule has 21 heavy (non-hydrogen) atoms. The highest BCUT2D eigenvalue weighted by atomic mass is 16.3.